The Bertz CT molecular complexity index is 1330. The van der Waals surface area contributed by atoms with E-state index in [1.165, 1.54) is 4.90 Å². The maximum Gasteiger partial charge on any atom is 0.300 e. The second kappa shape index (κ2) is 10.2. The molecule has 0 radical (unpaired) electrons. The highest BCUT2D eigenvalue weighted by Crippen LogP contribution is 2.43. The van der Waals surface area contributed by atoms with E-state index in [0.717, 1.165) is 15.7 Å². The molecule has 0 aromatic heterocycles. The number of amides is 1. The molecule has 6 nitrogen and oxygen atoms in total. The number of aliphatic hydroxyl groups is 1. The summed E-state index contributed by atoms with van der Waals surface area (Å²) >= 11 is 3.47. The molecule has 1 saturated heterocycles. The highest BCUT2D eigenvalue weighted by molar-refractivity contribution is 9.10. The maximum absolute atomic E-state index is 13.4. The molecule has 3 aromatic carbocycles. The van der Waals surface area contributed by atoms with E-state index >= 15 is 0 Å². The van der Waals surface area contributed by atoms with E-state index in [2.05, 4.69) is 15.9 Å². The lowest BCUT2D eigenvalue weighted by molar-refractivity contribution is -0.132. The first-order chi connectivity index (χ1) is 17.1. The summed E-state index contributed by atoms with van der Waals surface area (Å²) in [5, 5.41) is 11.3. The van der Waals surface area contributed by atoms with Gasteiger partial charge in [0.2, 0.25) is 0 Å². The number of rotatable bonds is 6. The van der Waals surface area contributed by atoms with Crippen molar-refractivity contribution in [1.29, 1.82) is 0 Å². The van der Waals surface area contributed by atoms with Gasteiger partial charge in [0, 0.05) is 35.5 Å². The van der Waals surface area contributed by atoms with Crippen LogP contribution < -0.4 is 14.5 Å². The summed E-state index contributed by atoms with van der Waals surface area (Å²) in [7, 11) is 3.87. The standard InChI is InChI=1S/C29H29BrN2O4/c1-17(2)36-23-13-6-19(7-14-23)26-25(27(33)20-8-15-24(30)18(3)16-20)28(34)29(35)32(26)22-11-9-21(10-12-22)31(4)5/h6-17,26,33H,1-5H3/b27-25-. The second-order valence-electron chi connectivity index (χ2n) is 9.28. The van der Waals surface area contributed by atoms with Crippen LogP contribution in [0.1, 0.15) is 36.6 Å². The van der Waals surface area contributed by atoms with Crippen molar-refractivity contribution in [2.75, 3.05) is 23.9 Å². The van der Waals surface area contributed by atoms with Crippen LogP contribution in [0.25, 0.3) is 5.76 Å². The first kappa shape index (κ1) is 25.5. The van der Waals surface area contributed by atoms with E-state index in [0.29, 0.717) is 22.6 Å². The Morgan fingerprint density at radius 1 is 1.00 bits per heavy atom. The van der Waals surface area contributed by atoms with E-state index in [-0.39, 0.29) is 17.4 Å². The molecule has 0 bridgehead atoms. The third-order valence-electron chi connectivity index (χ3n) is 6.09. The summed E-state index contributed by atoms with van der Waals surface area (Å²) in [6.45, 7) is 5.79. The average molecular weight is 549 g/mol. The molecule has 36 heavy (non-hydrogen) atoms. The number of halogens is 1. The number of aliphatic hydroxyl groups excluding tert-OH is 1. The monoisotopic (exact) mass is 548 g/mol. The van der Waals surface area contributed by atoms with E-state index in [9.17, 15) is 14.7 Å². The molecule has 1 heterocycles. The maximum atomic E-state index is 13.4. The fourth-order valence-corrected chi connectivity index (χ4v) is 4.52. The summed E-state index contributed by atoms with van der Waals surface area (Å²) in [5.74, 6) is -0.929. The Labute approximate surface area is 219 Å². The smallest absolute Gasteiger partial charge is 0.300 e. The number of aryl methyl sites for hydroxylation is 1. The molecule has 3 aromatic rings. The molecule has 1 aliphatic rings. The highest BCUT2D eigenvalue weighted by Gasteiger charge is 2.47. The van der Waals surface area contributed by atoms with E-state index in [1.54, 1.807) is 12.1 Å². The Morgan fingerprint density at radius 2 is 1.64 bits per heavy atom. The Morgan fingerprint density at radius 3 is 2.19 bits per heavy atom. The zero-order chi connectivity index (χ0) is 26.1. The molecule has 1 N–H and O–H groups in total. The predicted octanol–water partition coefficient (Wildman–Crippen LogP) is 6.24. The SMILES string of the molecule is Cc1cc(/C(O)=C2/C(=O)C(=O)N(c3ccc(N(C)C)cc3)C2c2ccc(OC(C)C)cc2)ccc1Br. The Kier molecular flexibility index (Phi) is 7.22. The van der Waals surface area contributed by atoms with Crippen molar-refractivity contribution in [2.45, 2.75) is 32.9 Å². The molecular weight excluding hydrogens is 520 g/mol. The summed E-state index contributed by atoms with van der Waals surface area (Å²) in [4.78, 5) is 30.2. The number of anilines is 2. The van der Waals surface area contributed by atoms with Gasteiger partial charge in [-0.3, -0.25) is 14.5 Å². The first-order valence-electron chi connectivity index (χ1n) is 11.7. The van der Waals surface area contributed by atoms with Gasteiger partial charge in [-0.15, -0.1) is 0 Å². The quantitative estimate of drug-likeness (QED) is 0.224. The molecule has 1 aliphatic heterocycles. The third kappa shape index (κ3) is 4.88. The van der Waals surface area contributed by atoms with Crippen molar-refractivity contribution in [3.05, 3.63) is 93.5 Å². The van der Waals surface area contributed by atoms with Crippen molar-refractivity contribution >= 4 is 44.8 Å². The van der Waals surface area contributed by atoms with Crippen LogP contribution in [0.4, 0.5) is 11.4 Å². The van der Waals surface area contributed by atoms with Crippen LogP contribution in [0.3, 0.4) is 0 Å². The van der Waals surface area contributed by atoms with Crippen molar-refractivity contribution in [3.63, 3.8) is 0 Å². The van der Waals surface area contributed by atoms with E-state index in [4.69, 9.17) is 4.74 Å². The van der Waals surface area contributed by atoms with Crippen LogP contribution in [0.2, 0.25) is 0 Å². The molecular formula is C29H29BrN2O4. The second-order valence-corrected chi connectivity index (χ2v) is 10.1. The van der Waals surface area contributed by atoms with Gasteiger partial charge >= 0.3 is 0 Å². The fraction of sp³-hybridized carbons (Fsp3) is 0.241. The number of benzene rings is 3. The van der Waals surface area contributed by atoms with E-state index < -0.39 is 17.7 Å². The molecule has 1 unspecified atom stereocenters. The average Bonchev–Trinajstić information content (AvgIpc) is 3.11. The van der Waals surface area contributed by atoms with Gasteiger partial charge in [0.15, 0.2) is 0 Å². The van der Waals surface area contributed by atoms with Gasteiger partial charge in [-0.2, -0.15) is 0 Å². The molecule has 1 atom stereocenters. The number of hydrogen-bond donors (Lipinski definition) is 1. The number of hydrogen-bond acceptors (Lipinski definition) is 5. The van der Waals surface area contributed by atoms with E-state index in [1.807, 2.05) is 94.4 Å². The van der Waals surface area contributed by atoms with Crippen LogP contribution >= 0.6 is 15.9 Å². The zero-order valence-corrected chi connectivity index (χ0v) is 22.5. The number of carbonyl (C=O) groups excluding carboxylic acids is 2. The molecule has 1 amide bonds. The topological polar surface area (TPSA) is 70.1 Å². The van der Waals surface area contributed by atoms with Crippen LogP contribution in [-0.2, 0) is 9.59 Å². The lowest BCUT2D eigenvalue weighted by Crippen LogP contribution is -2.29. The molecule has 0 saturated carbocycles. The van der Waals surface area contributed by atoms with Crippen molar-refractivity contribution in [3.8, 4) is 5.75 Å². The van der Waals surface area contributed by atoms with Crippen molar-refractivity contribution in [1.82, 2.24) is 0 Å². The van der Waals surface area contributed by atoms with Crippen LogP contribution in [0.5, 0.6) is 5.75 Å². The van der Waals surface area contributed by atoms with Gasteiger partial charge in [-0.1, -0.05) is 34.1 Å². The van der Waals surface area contributed by atoms with Gasteiger partial charge in [0.25, 0.3) is 11.7 Å². The van der Waals surface area contributed by atoms with Crippen LogP contribution in [0, 0.1) is 6.92 Å². The van der Waals surface area contributed by atoms with Crippen molar-refractivity contribution in [2.24, 2.45) is 0 Å². The summed E-state index contributed by atoms with van der Waals surface area (Å²) in [6, 6.07) is 19.2. The summed E-state index contributed by atoms with van der Waals surface area (Å²) < 4.78 is 6.66. The minimum absolute atomic E-state index is 0.0114. The number of ketones is 1. The molecule has 1 fully saturated rings. The minimum atomic E-state index is -0.799. The lowest BCUT2D eigenvalue weighted by atomic mass is 9.94. The lowest BCUT2D eigenvalue weighted by Gasteiger charge is -2.26. The molecule has 186 valence electrons. The van der Waals surface area contributed by atoms with Gasteiger partial charge < -0.3 is 14.7 Å². The number of carbonyl (C=O) groups is 2. The van der Waals surface area contributed by atoms with Gasteiger partial charge in [-0.25, -0.2) is 0 Å². The number of ether oxygens (including phenoxy) is 1. The first-order valence-corrected chi connectivity index (χ1v) is 12.5. The number of Topliss-reactive ketones (excluding diaryl/α,β-unsaturated/α-hetero) is 1. The Hall–Kier alpha value is -3.58. The fourth-order valence-electron chi connectivity index (χ4n) is 4.27. The third-order valence-corrected chi connectivity index (χ3v) is 6.98. The molecule has 0 aliphatic carbocycles. The van der Waals surface area contributed by atoms with Gasteiger partial charge in [0.1, 0.15) is 11.5 Å². The number of nitrogens with zero attached hydrogens (tertiary/aromatic N) is 2. The minimum Gasteiger partial charge on any atom is -0.507 e. The highest BCUT2D eigenvalue weighted by atomic mass is 79.9. The molecule has 4 rings (SSSR count). The summed E-state index contributed by atoms with van der Waals surface area (Å²) in [5.41, 5.74) is 3.66. The molecule has 0 spiro atoms. The molecule has 7 heteroatoms. The summed E-state index contributed by atoms with van der Waals surface area (Å²) in [6.07, 6.45) is 0.0114. The normalized spacial score (nSPS) is 17.1. The van der Waals surface area contributed by atoms with Crippen LogP contribution in [-0.4, -0.2) is 37.0 Å². The predicted molar refractivity (Wildman–Crippen MR) is 147 cm³/mol. The van der Waals surface area contributed by atoms with Gasteiger partial charge in [-0.05, 0) is 80.4 Å². The zero-order valence-electron chi connectivity index (χ0n) is 20.9. The Balaban J connectivity index is 1.88. The largest absolute Gasteiger partial charge is 0.507 e. The van der Waals surface area contributed by atoms with Crippen LogP contribution in [0.15, 0.2) is 76.8 Å². The van der Waals surface area contributed by atoms with Crippen molar-refractivity contribution < 1.29 is 19.4 Å². The van der Waals surface area contributed by atoms with Gasteiger partial charge in [0.05, 0.1) is 17.7 Å².